The Morgan fingerprint density at radius 3 is 2.35 bits per heavy atom. The summed E-state index contributed by atoms with van der Waals surface area (Å²) in [5, 5.41) is 17.0. The first-order chi connectivity index (χ1) is 15.1. The number of hydrogen-bond acceptors (Lipinski definition) is 5. The minimum atomic E-state index is -0.101. The number of rotatable bonds is 7. The van der Waals surface area contributed by atoms with Gasteiger partial charge in [-0.1, -0.05) is 60.3 Å². The molecule has 0 aliphatic rings. The van der Waals surface area contributed by atoms with Gasteiger partial charge in [0.15, 0.2) is 11.0 Å². The lowest BCUT2D eigenvalue weighted by Gasteiger charge is -2.08. The standard InChI is InChI=1S/C23H24N6OS/c1-4-28-22(18-11-7-5-8-12-18)25-26-23(28)31-15-20(30)24-21-16(2)27-29(17(21)3)19-13-9-6-10-14-19/h5-14H,4,15H2,1-3H3,(H,24,30). The van der Waals surface area contributed by atoms with E-state index in [0.717, 1.165) is 45.9 Å². The Labute approximate surface area is 185 Å². The van der Waals surface area contributed by atoms with Crippen molar-refractivity contribution in [1.29, 1.82) is 0 Å². The predicted octanol–water partition coefficient (Wildman–Crippen LogP) is 4.50. The molecule has 0 aliphatic carbocycles. The maximum Gasteiger partial charge on any atom is 0.234 e. The molecule has 0 fully saturated rings. The van der Waals surface area contributed by atoms with Gasteiger partial charge in [-0.15, -0.1) is 10.2 Å². The minimum Gasteiger partial charge on any atom is -0.322 e. The number of anilines is 1. The lowest BCUT2D eigenvalue weighted by atomic mass is 10.2. The molecule has 7 nitrogen and oxygen atoms in total. The molecule has 0 saturated heterocycles. The van der Waals surface area contributed by atoms with Crippen molar-refractivity contribution in [2.24, 2.45) is 0 Å². The number of nitrogens with zero attached hydrogens (tertiary/aromatic N) is 5. The van der Waals surface area contributed by atoms with Crippen LogP contribution in [0.5, 0.6) is 0 Å². The SMILES string of the molecule is CCn1c(SCC(=O)Nc2c(C)nn(-c3ccccc3)c2C)nnc1-c1ccccc1. The van der Waals surface area contributed by atoms with Crippen LogP contribution in [0.1, 0.15) is 18.3 Å². The third-order valence-electron chi connectivity index (χ3n) is 4.95. The zero-order valence-corrected chi connectivity index (χ0v) is 18.6. The van der Waals surface area contributed by atoms with Gasteiger partial charge in [0.05, 0.1) is 28.5 Å². The molecular formula is C23H24N6OS. The molecule has 158 valence electrons. The topological polar surface area (TPSA) is 77.6 Å². The van der Waals surface area contributed by atoms with E-state index in [-0.39, 0.29) is 11.7 Å². The third-order valence-corrected chi connectivity index (χ3v) is 5.92. The fraction of sp³-hybridized carbons (Fsp3) is 0.217. The maximum atomic E-state index is 12.7. The van der Waals surface area contributed by atoms with Crippen molar-refractivity contribution >= 4 is 23.4 Å². The van der Waals surface area contributed by atoms with Gasteiger partial charge in [-0.3, -0.25) is 4.79 Å². The van der Waals surface area contributed by atoms with Crippen molar-refractivity contribution in [2.45, 2.75) is 32.5 Å². The largest absolute Gasteiger partial charge is 0.322 e. The average Bonchev–Trinajstić information content (AvgIpc) is 3.34. The van der Waals surface area contributed by atoms with Crippen molar-refractivity contribution in [2.75, 3.05) is 11.1 Å². The smallest absolute Gasteiger partial charge is 0.234 e. The van der Waals surface area contributed by atoms with E-state index in [1.807, 2.05) is 90.7 Å². The summed E-state index contributed by atoms with van der Waals surface area (Å²) in [7, 11) is 0. The van der Waals surface area contributed by atoms with E-state index in [1.165, 1.54) is 11.8 Å². The van der Waals surface area contributed by atoms with E-state index >= 15 is 0 Å². The summed E-state index contributed by atoms with van der Waals surface area (Å²) in [5.74, 6) is 0.944. The molecule has 0 unspecified atom stereocenters. The molecule has 0 bridgehead atoms. The molecule has 2 aromatic carbocycles. The number of hydrogen-bond donors (Lipinski definition) is 1. The quantitative estimate of drug-likeness (QED) is 0.435. The molecule has 0 atom stereocenters. The first-order valence-corrected chi connectivity index (χ1v) is 11.1. The molecule has 0 saturated carbocycles. The highest BCUT2D eigenvalue weighted by molar-refractivity contribution is 7.99. The lowest BCUT2D eigenvalue weighted by Crippen LogP contribution is -2.16. The molecule has 31 heavy (non-hydrogen) atoms. The molecule has 4 aromatic rings. The van der Waals surface area contributed by atoms with Crippen LogP contribution >= 0.6 is 11.8 Å². The number of para-hydroxylation sites is 1. The number of carbonyl (C=O) groups excluding carboxylic acids is 1. The Bertz CT molecular complexity index is 1180. The molecule has 1 N–H and O–H groups in total. The molecule has 1 amide bonds. The van der Waals surface area contributed by atoms with Crippen molar-refractivity contribution in [3.05, 3.63) is 72.1 Å². The molecule has 0 spiro atoms. The average molecular weight is 433 g/mol. The monoisotopic (exact) mass is 432 g/mol. The lowest BCUT2D eigenvalue weighted by molar-refractivity contribution is -0.113. The number of carbonyl (C=O) groups is 1. The van der Waals surface area contributed by atoms with E-state index < -0.39 is 0 Å². The normalized spacial score (nSPS) is 10.9. The van der Waals surface area contributed by atoms with Crippen LogP contribution in [0.25, 0.3) is 17.1 Å². The van der Waals surface area contributed by atoms with Crippen LogP contribution in [0.2, 0.25) is 0 Å². The first kappa shape index (κ1) is 20.9. The van der Waals surface area contributed by atoms with Crippen molar-refractivity contribution in [3.63, 3.8) is 0 Å². The highest BCUT2D eigenvalue weighted by Crippen LogP contribution is 2.26. The minimum absolute atomic E-state index is 0.101. The van der Waals surface area contributed by atoms with Gasteiger partial charge in [0.25, 0.3) is 0 Å². The van der Waals surface area contributed by atoms with Crippen molar-refractivity contribution < 1.29 is 4.79 Å². The Kier molecular flexibility index (Phi) is 6.18. The number of aromatic nitrogens is 5. The van der Waals surface area contributed by atoms with Gasteiger partial charge in [-0.05, 0) is 32.9 Å². The second-order valence-corrected chi connectivity index (χ2v) is 7.99. The summed E-state index contributed by atoms with van der Waals surface area (Å²) in [6.07, 6.45) is 0. The van der Waals surface area contributed by atoms with E-state index in [0.29, 0.717) is 0 Å². The van der Waals surface area contributed by atoms with E-state index in [9.17, 15) is 4.79 Å². The van der Waals surface area contributed by atoms with Crippen LogP contribution in [0, 0.1) is 13.8 Å². The number of amides is 1. The van der Waals surface area contributed by atoms with Gasteiger partial charge in [-0.25, -0.2) is 4.68 Å². The number of aryl methyl sites for hydroxylation is 1. The molecule has 8 heteroatoms. The van der Waals surface area contributed by atoms with E-state index in [4.69, 9.17) is 0 Å². The second kappa shape index (κ2) is 9.18. The van der Waals surface area contributed by atoms with Gasteiger partial charge in [0, 0.05) is 12.1 Å². The Balaban J connectivity index is 1.46. The summed E-state index contributed by atoms with van der Waals surface area (Å²) in [5.41, 5.74) is 4.39. The molecule has 2 heterocycles. The van der Waals surface area contributed by atoms with Gasteiger partial charge >= 0.3 is 0 Å². The molecule has 0 aliphatic heterocycles. The third kappa shape index (κ3) is 4.39. The first-order valence-electron chi connectivity index (χ1n) is 10.1. The summed E-state index contributed by atoms with van der Waals surface area (Å²) in [4.78, 5) is 12.7. The summed E-state index contributed by atoms with van der Waals surface area (Å²) >= 11 is 1.38. The van der Waals surface area contributed by atoms with E-state index in [1.54, 1.807) is 0 Å². The zero-order chi connectivity index (χ0) is 21.8. The van der Waals surface area contributed by atoms with Crippen molar-refractivity contribution in [3.8, 4) is 17.1 Å². The predicted molar refractivity (Wildman–Crippen MR) is 124 cm³/mol. The number of benzene rings is 2. The highest BCUT2D eigenvalue weighted by atomic mass is 32.2. The van der Waals surface area contributed by atoms with Crippen LogP contribution in [0.3, 0.4) is 0 Å². The summed E-state index contributed by atoms with van der Waals surface area (Å²) in [6, 6.07) is 19.8. The molecule has 4 rings (SSSR count). The van der Waals surface area contributed by atoms with E-state index in [2.05, 4.69) is 20.6 Å². The Morgan fingerprint density at radius 1 is 1.00 bits per heavy atom. The fourth-order valence-electron chi connectivity index (χ4n) is 3.43. The van der Waals surface area contributed by atoms with Crippen LogP contribution in [0.15, 0.2) is 65.8 Å². The van der Waals surface area contributed by atoms with Crippen LogP contribution in [0.4, 0.5) is 5.69 Å². The van der Waals surface area contributed by atoms with Crippen LogP contribution in [-0.2, 0) is 11.3 Å². The Hall–Kier alpha value is -3.39. The highest BCUT2D eigenvalue weighted by Gasteiger charge is 2.17. The van der Waals surface area contributed by atoms with Gasteiger partial charge < -0.3 is 9.88 Å². The van der Waals surface area contributed by atoms with Gasteiger partial charge in [0.1, 0.15) is 0 Å². The second-order valence-electron chi connectivity index (χ2n) is 7.05. The zero-order valence-electron chi connectivity index (χ0n) is 17.7. The molecular weight excluding hydrogens is 408 g/mol. The van der Waals surface area contributed by atoms with Gasteiger partial charge in [-0.2, -0.15) is 5.10 Å². The van der Waals surface area contributed by atoms with Crippen molar-refractivity contribution in [1.82, 2.24) is 24.5 Å². The number of nitrogens with one attached hydrogen (secondary N) is 1. The fourth-order valence-corrected chi connectivity index (χ4v) is 4.23. The summed E-state index contributed by atoms with van der Waals surface area (Å²) in [6.45, 7) is 6.62. The maximum absolute atomic E-state index is 12.7. The number of thioether (sulfide) groups is 1. The Morgan fingerprint density at radius 2 is 1.68 bits per heavy atom. The van der Waals surface area contributed by atoms with Gasteiger partial charge in [0.2, 0.25) is 5.91 Å². The summed E-state index contributed by atoms with van der Waals surface area (Å²) < 4.78 is 3.87. The molecule has 2 aromatic heterocycles. The molecule has 0 radical (unpaired) electrons. The van der Waals surface area contributed by atoms with Crippen LogP contribution < -0.4 is 5.32 Å². The van der Waals surface area contributed by atoms with Crippen LogP contribution in [-0.4, -0.2) is 36.2 Å².